The molecule has 3 N–H and O–H groups in total. The minimum atomic E-state index is -0.522. The van der Waals surface area contributed by atoms with Gasteiger partial charge < -0.3 is 14.9 Å². The smallest absolute Gasteiger partial charge is 0.417 e. The minimum absolute atomic E-state index is 0.285. The number of H-pyrrole nitrogens is 1. The summed E-state index contributed by atoms with van der Waals surface area (Å²) in [6, 6.07) is 4.99. The number of anilines is 1. The number of nitrogens with two attached hydrogens (primary N) is 1. The maximum atomic E-state index is 11.6. The Morgan fingerprint density at radius 3 is 3.00 bits per heavy atom. The van der Waals surface area contributed by atoms with Gasteiger partial charge in [-0.25, -0.2) is 9.59 Å². The predicted octanol–water partition coefficient (Wildman–Crippen LogP) is 0.405. The van der Waals surface area contributed by atoms with E-state index in [-0.39, 0.29) is 12.6 Å². The Hall–Kier alpha value is -2.28. The average Bonchev–Trinajstić information content (AvgIpc) is 2.89. The van der Waals surface area contributed by atoms with Gasteiger partial charge in [0.05, 0.1) is 12.1 Å². The molecule has 7 nitrogen and oxygen atoms in total. The first-order chi connectivity index (χ1) is 8.67. The van der Waals surface area contributed by atoms with Crippen molar-refractivity contribution in [2.45, 2.75) is 6.10 Å². The van der Waals surface area contributed by atoms with Crippen molar-refractivity contribution >= 4 is 22.9 Å². The molecule has 1 aliphatic heterocycles. The molecule has 94 valence electrons. The van der Waals surface area contributed by atoms with Crippen LogP contribution in [0.1, 0.15) is 0 Å². The summed E-state index contributed by atoms with van der Waals surface area (Å²) < 4.78 is 9.95. The highest BCUT2D eigenvalue weighted by Crippen LogP contribution is 2.24. The molecule has 1 aromatic carbocycles. The van der Waals surface area contributed by atoms with Crippen molar-refractivity contribution in [1.29, 1.82) is 0 Å². The van der Waals surface area contributed by atoms with Crippen molar-refractivity contribution < 1.29 is 13.9 Å². The first kappa shape index (κ1) is 10.8. The Balaban J connectivity index is 1.99. The lowest BCUT2D eigenvalue weighted by Gasteiger charge is -2.12. The van der Waals surface area contributed by atoms with E-state index in [0.717, 1.165) is 0 Å². The van der Waals surface area contributed by atoms with E-state index in [1.54, 1.807) is 18.2 Å². The third kappa shape index (κ3) is 1.65. The van der Waals surface area contributed by atoms with Gasteiger partial charge in [-0.15, -0.1) is 0 Å². The Morgan fingerprint density at radius 1 is 1.44 bits per heavy atom. The Bertz CT molecular complexity index is 660. The Kier molecular flexibility index (Phi) is 2.34. The Labute approximate surface area is 101 Å². The van der Waals surface area contributed by atoms with Gasteiger partial charge in [-0.3, -0.25) is 9.88 Å². The van der Waals surface area contributed by atoms with Gasteiger partial charge in [0.15, 0.2) is 5.58 Å². The maximum absolute atomic E-state index is 11.6. The largest absolute Gasteiger partial charge is 0.443 e. The molecule has 1 fully saturated rings. The second-order valence-electron chi connectivity index (χ2n) is 4.05. The number of ether oxygens (including phenoxy) is 1. The summed E-state index contributed by atoms with van der Waals surface area (Å²) in [5, 5.41) is 0. The van der Waals surface area contributed by atoms with Gasteiger partial charge in [0.25, 0.3) is 0 Å². The van der Waals surface area contributed by atoms with Gasteiger partial charge in [0.2, 0.25) is 0 Å². The van der Waals surface area contributed by atoms with Crippen molar-refractivity contribution in [3.8, 4) is 0 Å². The van der Waals surface area contributed by atoms with E-state index in [1.165, 1.54) is 4.90 Å². The zero-order valence-electron chi connectivity index (χ0n) is 9.38. The summed E-state index contributed by atoms with van der Waals surface area (Å²) in [5.41, 5.74) is 7.10. The number of carbonyl (C=O) groups is 1. The molecule has 0 spiro atoms. The van der Waals surface area contributed by atoms with Gasteiger partial charge in [-0.1, -0.05) is 0 Å². The van der Waals surface area contributed by atoms with Crippen molar-refractivity contribution in [3.05, 3.63) is 28.7 Å². The SMILES string of the molecule is NCC1CN(c2ccc3oc(=O)[nH]c3c2)C(=O)O1. The van der Waals surface area contributed by atoms with Crippen LogP contribution >= 0.6 is 0 Å². The van der Waals surface area contributed by atoms with Crippen molar-refractivity contribution in [2.24, 2.45) is 5.73 Å². The van der Waals surface area contributed by atoms with Crippen LogP contribution < -0.4 is 16.4 Å². The van der Waals surface area contributed by atoms with Crippen LogP contribution in [-0.4, -0.2) is 30.3 Å². The number of fused-ring (bicyclic) bond motifs is 1. The molecular formula is C11H11N3O4. The second kappa shape index (κ2) is 3.88. The number of cyclic esters (lactones) is 1. The van der Waals surface area contributed by atoms with E-state index in [1.807, 2.05) is 0 Å². The molecule has 1 aromatic heterocycles. The zero-order chi connectivity index (χ0) is 12.7. The standard InChI is InChI=1S/C11H11N3O4/c12-4-7-5-14(11(16)17-7)6-1-2-9-8(3-6)13-10(15)18-9/h1-3,7H,4-5,12H2,(H,13,15). The number of carbonyl (C=O) groups excluding carboxylic acids is 1. The van der Waals surface area contributed by atoms with E-state index in [9.17, 15) is 9.59 Å². The molecule has 0 radical (unpaired) electrons. The summed E-state index contributed by atoms with van der Waals surface area (Å²) in [6.07, 6.45) is -0.729. The van der Waals surface area contributed by atoms with Crippen molar-refractivity contribution in [1.82, 2.24) is 4.98 Å². The lowest BCUT2D eigenvalue weighted by atomic mass is 10.2. The monoisotopic (exact) mass is 249 g/mol. The number of nitrogens with zero attached hydrogens (tertiary/aromatic N) is 1. The van der Waals surface area contributed by atoms with E-state index >= 15 is 0 Å². The minimum Gasteiger partial charge on any atom is -0.443 e. The van der Waals surface area contributed by atoms with Crippen molar-refractivity contribution in [3.63, 3.8) is 0 Å². The fourth-order valence-electron chi connectivity index (χ4n) is 1.96. The third-order valence-electron chi connectivity index (χ3n) is 2.85. The van der Waals surface area contributed by atoms with E-state index in [0.29, 0.717) is 23.3 Å². The Morgan fingerprint density at radius 2 is 2.28 bits per heavy atom. The number of amides is 1. The summed E-state index contributed by atoms with van der Waals surface area (Å²) >= 11 is 0. The molecule has 7 heteroatoms. The van der Waals surface area contributed by atoms with E-state index < -0.39 is 11.8 Å². The summed E-state index contributed by atoms with van der Waals surface area (Å²) in [4.78, 5) is 26.7. The van der Waals surface area contributed by atoms with E-state index in [4.69, 9.17) is 14.9 Å². The molecular weight excluding hydrogens is 238 g/mol. The normalized spacial score (nSPS) is 19.5. The molecule has 1 atom stereocenters. The number of nitrogens with one attached hydrogen (secondary N) is 1. The molecule has 3 rings (SSSR count). The molecule has 18 heavy (non-hydrogen) atoms. The first-order valence-electron chi connectivity index (χ1n) is 5.48. The third-order valence-corrected chi connectivity index (χ3v) is 2.85. The molecule has 2 aromatic rings. The lowest BCUT2D eigenvalue weighted by molar-refractivity contribution is 0.145. The molecule has 1 amide bonds. The van der Waals surface area contributed by atoms with Crippen LogP contribution in [0.4, 0.5) is 10.5 Å². The quantitative estimate of drug-likeness (QED) is 0.802. The summed E-state index contributed by atoms with van der Waals surface area (Å²) in [6.45, 7) is 0.690. The highest BCUT2D eigenvalue weighted by atomic mass is 16.6. The van der Waals surface area contributed by atoms with Crippen LogP contribution in [0.15, 0.2) is 27.4 Å². The van der Waals surface area contributed by atoms with E-state index in [2.05, 4.69) is 4.98 Å². The van der Waals surface area contributed by atoms with Crippen LogP contribution in [0, 0.1) is 0 Å². The fourth-order valence-corrected chi connectivity index (χ4v) is 1.96. The number of oxazole rings is 1. The highest BCUT2D eigenvalue weighted by molar-refractivity contribution is 5.92. The molecule has 0 bridgehead atoms. The molecule has 0 saturated carbocycles. The van der Waals surface area contributed by atoms with Gasteiger partial charge >= 0.3 is 11.8 Å². The summed E-state index contributed by atoms with van der Waals surface area (Å²) in [7, 11) is 0. The molecule has 1 aliphatic rings. The lowest BCUT2D eigenvalue weighted by Crippen LogP contribution is -2.27. The number of hydrogen-bond donors (Lipinski definition) is 2. The maximum Gasteiger partial charge on any atom is 0.417 e. The highest BCUT2D eigenvalue weighted by Gasteiger charge is 2.31. The second-order valence-corrected chi connectivity index (χ2v) is 4.05. The number of hydrogen-bond acceptors (Lipinski definition) is 5. The van der Waals surface area contributed by atoms with Gasteiger partial charge in [-0.05, 0) is 18.2 Å². The van der Waals surface area contributed by atoms with Crippen LogP contribution in [0.5, 0.6) is 0 Å². The van der Waals surface area contributed by atoms with Crippen LogP contribution in [-0.2, 0) is 4.74 Å². The number of rotatable bonds is 2. The number of benzene rings is 1. The van der Waals surface area contributed by atoms with Crippen molar-refractivity contribution in [2.75, 3.05) is 18.0 Å². The summed E-state index contributed by atoms with van der Waals surface area (Å²) in [5.74, 6) is -0.522. The fraction of sp³-hybridized carbons (Fsp3) is 0.273. The van der Waals surface area contributed by atoms with Gasteiger partial charge in [0.1, 0.15) is 6.10 Å². The van der Waals surface area contributed by atoms with Crippen LogP contribution in [0.25, 0.3) is 11.1 Å². The number of aromatic nitrogens is 1. The molecule has 1 saturated heterocycles. The molecule has 1 unspecified atom stereocenters. The van der Waals surface area contributed by atoms with Gasteiger partial charge in [-0.2, -0.15) is 0 Å². The molecule has 2 heterocycles. The topological polar surface area (TPSA) is 102 Å². The predicted molar refractivity (Wildman–Crippen MR) is 63.5 cm³/mol. The number of aromatic amines is 1. The zero-order valence-corrected chi connectivity index (χ0v) is 9.38. The first-order valence-corrected chi connectivity index (χ1v) is 5.48. The average molecular weight is 249 g/mol. The van der Waals surface area contributed by atoms with Crippen LogP contribution in [0.2, 0.25) is 0 Å². The molecule has 0 aliphatic carbocycles. The van der Waals surface area contributed by atoms with Gasteiger partial charge in [0, 0.05) is 12.2 Å². The van der Waals surface area contributed by atoms with Crippen LogP contribution in [0.3, 0.4) is 0 Å².